The predicted molar refractivity (Wildman–Crippen MR) is 62.4 cm³/mol. The zero-order valence-electron chi connectivity index (χ0n) is 9.85. The maximum Gasteiger partial charge on any atom is 0.419 e. The normalized spacial score (nSPS) is 12.6. The molecule has 0 saturated carbocycles. The SMILES string of the molecule is CN(c1ncccc1C(F)(F)F)C(C)(C)CCl. The maximum absolute atomic E-state index is 12.8. The van der Waals surface area contributed by atoms with Gasteiger partial charge in [0, 0.05) is 24.7 Å². The van der Waals surface area contributed by atoms with Gasteiger partial charge in [-0.25, -0.2) is 4.98 Å². The van der Waals surface area contributed by atoms with Gasteiger partial charge in [0.25, 0.3) is 0 Å². The molecule has 1 rings (SSSR count). The van der Waals surface area contributed by atoms with Crippen molar-refractivity contribution in [3.63, 3.8) is 0 Å². The molecule has 2 nitrogen and oxygen atoms in total. The van der Waals surface area contributed by atoms with Crippen molar-refractivity contribution in [2.24, 2.45) is 0 Å². The maximum atomic E-state index is 12.8. The Balaban J connectivity index is 3.23. The third-order valence-electron chi connectivity index (χ3n) is 2.64. The Labute approximate surface area is 103 Å². The van der Waals surface area contributed by atoms with E-state index in [1.54, 1.807) is 20.9 Å². The molecule has 0 bridgehead atoms. The lowest BCUT2D eigenvalue weighted by Gasteiger charge is -2.36. The molecule has 0 fully saturated rings. The molecule has 0 radical (unpaired) electrons. The van der Waals surface area contributed by atoms with Gasteiger partial charge in [-0.15, -0.1) is 11.6 Å². The van der Waals surface area contributed by atoms with Crippen molar-refractivity contribution in [1.82, 2.24) is 4.98 Å². The molecule has 0 amide bonds. The number of pyridine rings is 1. The Kier molecular flexibility index (Phi) is 3.91. The minimum atomic E-state index is -4.42. The third-order valence-corrected chi connectivity index (χ3v) is 3.30. The van der Waals surface area contributed by atoms with Gasteiger partial charge in [0.05, 0.1) is 5.56 Å². The van der Waals surface area contributed by atoms with E-state index in [2.05, 4.69) is 4.98 Å². The van der Waals surface area contributed by atoms with E-state index in [1.165, 1.54) is 17.2 Å². The van der Waals surface area contributed by atoms with Gasteiger partial charge in [-0.05, 0) is 26.0 Å². The highest BCUT2D eigenvalue weighted by Gasteiger charge is 2.37. The molecule has 1 heterocycles. The lowest BCUT2D eigenvalue weighted by atomic mass is 10.1. The number of alkyl halides is 4. The van der Waals surface area contributed by atoms with E-state index in [9.17, 15) is 13.2 Å². The standard InChI is InChI=1S/C11H14ClF3N2/c1-10(2,7-12)17(3)9-8(11(13,14)15)5-4-6-16-9/h4-6H,7H2,1-3H3. The van der Waals surface area contributed by atoms with Gasteiger partial charge in [0.1, 0.15) is 5.82 Å². The second-order valence-electron chi connectivity index (χ2n) is 4.38. The summed E-state index contributed by atoms with van der Waals surface area (Å²) in [6, 6.07) is 2.29. The van der Waals surface area contributed by atoms with Crippen LogP contribution in [0, 0.1) is 0 Å². The number of hydrogen-bond acceptors (Lipinski definition) is 2. The zero-order valence-corrected chi connectivity index (χ0v) is 10.6. The van der Waals surface area contributed by atoms with E-state index in [1.807, 2.05) is 0 Å². The fourth-order valence-corrected chi connectivity index (χ4v) is 1.44. The predicted octanol–water partition coefficient (Wildman–Crippen LogP) is 3.55. The van der Waals surface area contributed by atoms with E-state index < -0.39 is 17.3 Å². The minimum Gasteiger partial charge on any atom is -0.353 e. The van der Waals surface area contributed by atoms with Crippen LogP contribution in [-0.2, 0) is 6.18 Å². The Bertz CT molecular complexity index is 391. The van der Waals surface area contributed by atoms with E-state index in [4.69, 9.17) is 11.6 Å². The fraction of sp³-hybridized carbons (Fsp3) is 0.545. The summed E-state index contributed by atoms with van der Waals surface area (Å²) >= 11 is 5.75. The molecule has 96 valence electrons. The third kappa shape index (κ3) is 3.03. The van der Waals surface area contributed by atoms with Crippen LogP contribution >= 0.6 is 11.6 Å². The van der Waals surface area contributed by atoms with Crippen LogP contribution in [0.2, 0.25) is 0 Å². The number of hydrogen-bond donors (Lipinski definition) is 0. The summed E-state index contributed by atoms with van der Waals surface area (Å²) in [5.74, 6) is 0.0998. The number of anilines is 1. The van der Waals surface area contributed by atoms with Crippen LogP contribution in [0.1, 0.15) is 19.4 Å². The molecule has 0 atom stereocenters. The Morgan fingerprint density at radius 2 is 1.94 bits per heavy atom. The van der Waals surface area contributed by atoms with Crippen LogP contribution in [0.5, 0.6) is 0 Å². The topological polar surface area (TPSA) is 16.1 Å². The number of aromatic nitrogens is 1. The van der Waals surface area contributed by atoms with Gasteiger partial charge in [0.15, 0.2) is 0 Å². The van der Waals surface area contributed by atoms with Crippen LogP contribution in [0.25, 0.3) is 0 Å². The van der Waals surface area contributed by atoms with Gasteiger partial charge >= 0.3 is 6.18 Å². The summed E-state index contributed by atoms with van der Waals surface area (Å²) in [6.07, 6.45) is -3.08. The smallest absolute Gasteiger partial charge is 0.353 e. The lowest BCUT2D eigenvalue weighted by molar-refractivity contribution is -0.137. The second kappa shape index (κ2) is 4.72. The molecule has 0 N–H and O–H groups in total. The molecule has 6 heteroatoms. The zero-order chi connectivity index (χ0) is 13.3. The molecule has 0 aliphatic carbocycles. The average molecular weight is 267 g/mol. The molecule has 0 spiro atoms. The van der Waals surface area contributed by atoms with Crippen molar-refractivity contribution < 1.29 is 13.2 Å². The van der Waals surface area contributed by atoms with Gasteiger partial charge in [-0.2, -0.15) is 13.2 Å². The summed E-state index contributed by atoms with van der Waals surface area (Å²) in [5.41, 5.74) is -1.35. The van der Waals surface area contributed by atoms with Crippen LogP contribution in [0.4, 0.5) is 19.0 Å². The van der Waals surface area contributed by atoms with Crippen LogP contribution in [0.3, 0.4) is 0 Å². The Hall–Kier alpha value is -0.970. The van der Waals surface area contributed by atoms with Crippen molar-refractivity contribution in [3.05, 3.63) is 23.9 Å². The highest BCUT2D eigenvalue weighted by molar-refractivity contribution is 6.18. The Morgan fingerprint density at radius 3 is 2.41 bits per heavy atom. The van der Waals surface area contributed by atoms with Crippen LogP contribution < -0.4 is 4.90 Å². The average Bonchev–Trinajstić information content (AvgIpc) is 2.27. The van der Waals surface area contributed by atoms with Crippen molar-refractivity contribution >= 4 is 17.4 Å². The first-order chi connectivity index (χ1) is 7.70. The van der Waals surface area contributed by atoms with E-state index in [-0.39, 0.29) is 11.7 Å². The van der Waals surface area contributed by atoms with Gasteiger partial charge in [0.2, 0.25) is 0 Å². The molecule has 0 aliphatic heterocycles. The molecule has 17 heavy (non-hydrogen) atoms. The summed E-state index contributed by atoms with van der Waals surface area (Å²) in [7, 11) is 1.56. The molecule has 0 aliphatic rings. The monoisotopic (exact) mass is 266 g/mol. The van der Waals surface area contributed by atoms with E-state index >= 15 is 0 Å². The highest BCUT2D eigenvalue weighted by atomic mass is 35.5. The second-order valence-corrected chi connectivity index (χ2v) is 4.64. The first-order valence-corrected chi connectivity index (χ1v) is 5.55. The number of nitrogens with zero attached hydrogens (tertiary/aromatic N) is 2. The number of halogens is 4. The first-order valence-electron chi connectivity index (χ1n) is 5.02. The van der Waals surface area contributed by atoms with Crippen molar-refractivity contribution in [2.45, 2.75) is 25.6 Å². The summed E-state index contributed by atoms with van der Waals surface area (Å²) in [6.45, 7) is 3.52. The molecule has 0 aromatic carbocycles. The van der Waals surface area contributed by atoms with Crippen LogP contribution in [-0.4, -0.2) is 23.5 Å². The minimum absolute atomic E-state index is 0.106. The quantitative estimate of drug-likeness (QED) is 0.778. The Morgan fingerprint density at radius 1 is 1.35 bits per heavy atom. The molecule has 1 aromatic heterocycles. The highest BCUT2D eigenvalue weighted by Crippen LogP contribution is 2.36. The van der Waals surface area contributed by atoms with Gasteiger partial charge in [-0.1, -0.05) is 0 Å². The van der Waals surface area contributed by atoms with Crippen molar-refractivity contribution in [3.8, 4) is 0 Å². The summed E-state index contributed by atoms with van der Waals surface area (Å²) in [5, 5.41) is 0. The first kappa shape index (κ1) is 14.1. The molecule has 0 unspecified atom stereocenters. The van der Waals surface area contributed by atoms with Gasteiger partial charge < -0.3 is 4.90 Å². The van der Waals surface area contributed by atoms with Gasteiger partial charge in [-0.3, -0.25) is 0 Å². The molecule has 1 aromatic rings. The van der Waals surface area contributed by atoms with Crippen LogP contribution in [0.15, 0.2) is 18.3 Å². The molecule has 0 saturated heterocycles. The lowest BCUT2D eigenvalue weighted by Crippen LogP contribution is -2.44. The molecular formula is C11H14ClF3N2. The summed E-state index contributed by atoms with van der Waals surface area (Å²) < 4.78 is 38.4. The summed E-state index contributed by atoms with van der Waals surface area (Å²) in [4.78, 5) is 5.25. The van der Waals surface area contributed by atoms with Crippen molar-refractivity contribution in [1.29, 1.82) is 0 Å². The largest absolute Gasteiger partial charge is 0.419 e. The fourth-order valence-electron chi connectivity index (χ4n) is 1.26. The van der Waals surface area contributed by atoms with E-state index in [0.29, 0.717) is 0 Å². The van der Waals surface area contributed by atoms with E-state index in [0.717, 1.165) is 6.07 Å². The molecular weight excluding hydrogens is 253 g/mol. The van der Waals surface area contributed by atoms with Crippen molar-refractivity contribution in [2.75, 3.05) is 17.8 Å². The number of rotatable bonds is 3.